The number of rotatable bonds is 5. The summed E-state index contributed by atoms with van der Waals surface area (Å²) in [6.45, 7) is 2.27. The Hall–Kier alpha value is -2.89. The second-order valence-corrected chi connectivity index (χ2v) is 5.18. The molecule has 0 aliphatic rings. The van der Waals surface area contributed by atoms with Gasteiger partial charge in [-0.2, -0.15) is 0 Å². The van der Waals surface area contributed by atoms with E-state index in [9.17, 15) is 8.78 Å². The predicted molar refractivity (Wildman–Crippen MR) is 85.6 cm³/mol. The van der Waals surface area contributed by atoms with E-state index in [1.165, 1.54) is 12.4 Å². The largest absolute Gasteiger partial charge is 0.478 e. The van der Waals surface area contributed by atoms with E-state index in [0.717, 1.165) is 23.3 Å². The Morgan fingerprint density at radius 3 is 2.46 bits per heavy atom. The van der Waals surface area contributed by atoms with Crippen molar-refractivity contribution in [1.29, 1.82) is 0 Å². The van der Waals surface area contributed by atoms with E-state index in [0.29, 0.717) is 30.0 Å². The number of hydrogen-bond acceptors (Lipinski definition) is 4. The average molecular weight is 327 g/mol. The summed E-state index contributed by atoms with van der Waals surface area (Å²) >= 11 is 0. The van der Waals surface area contributed by atoms with Gasteiger partial charge in [-0.1, -0.05) is 6.07 Å². The summed E-state index contributed by atoms with van der Waals surface area (Å²) in [7, 11) is 0. The molecule has 0 amide bonds. The number of nitrogens with zero attached hydrogens (tertiary/aromatic N) is 3. The van der Waals surface area contributed by atoms with E-state index in [1.807, 2.05) is 13.0 Å². The molecular weight excluding hydrogens is 312 g/mol. The lowest BCUT2D eigenvalue weighted by atomic mass is 10.0. The molecule has 6 heteroatoms. The molecular formula is C18H15F2N3O. The summed E-state index contributed by atoms with van der Waals surface area (Å²) in [6, 6.07) is 5.60. The van der Waals surface area contributed by atoms with E-state index in [-0.39, 0.29) is 0 Å². The summed E-state index contributed by atoms with van der Waals surface area (Å²) in [5.41, 5.74) is 2.95. The summed E-state index contributed by atoms with van der Waals surface area (Å²) in [6.07, 6.45) is 7.19. The van der Waals surface area contributed by atoms with Crippen molar-refractivity contribution in [1.82, 2.24) is 15.0 Å². The average Bonchev–Trinajstić information content (AvgIpc) is 2.60. The molecule has 0 saturated carbocycles. The molecule has 3 aromatic rings. The Bertz CT molecular complexity index is 841. The normalized spacial score (nSPS) is 10.6. The second kappa shape index (κ2) is 7.12. The molecule has 0 bridgehead atoms. The number of pyridine rings is 1. The van der Waals surface area contributed by atoms with Crippen LogP contribution < -0.4 is 4.74 Å². The van der Waals surface area contributed by atoms with E-state index in [2.05, 4.69) is 15.0 Å². The Morgan fingerprint density at radius 1 is 0.958 bits per heavy atom. The fraction of sp³-hybridized carbons (Fsp3) is 0.167. The van der Waals surface area contributed by atoms with Gasteiger partial charge in [-0.15, -0.1) is 0 Å². The molecule has 0 atom stereocenters. The van der Waals surface area contributed by atoms with Gasteiger partial charge in [0.15, 0.2) is 11.6 Å². The lowest BCUT2D eigenvalue weighted by Gasteiger charge is -2.11. The molecule has 4 nitrogen and oxygen atoms in total. The second-order valence-electron chi connectivity index (χ2n) is 5.18. The van der Waals surface area contributed by atoms with Crippen LogP contribution in [0.5, 0.6) is 5.88 Å². The fourth-order valence-electron chi connectivity index (χ4n) is 2.37. The molecule has 0 aliphatic carbocycles. The minimum Gasteiger partial charge on any atom is -0.478 e. The van der Waals surface area contributed by atoms with Gasteiger partial charge in [0.25, 0.3) is 0 Å². The van der Waals surface area contributed by atoms with Crippen LogP contribution in [0.1, 0.15) is 18.1 Å². The summed E-state index contributed by atoms with van der Waals surface area (Å²) in [4.78, 5) is 12.3. The molecule has 0 radical (unpaired) electrons. The standard InChI is InChI=1S/C18H15F2N3O/c1-2-24-18-15(14-3-4-16(19)17(20)7-14)6-12(10-23-18)5-13-8-21-11-22-9-13/h3-4,6-11H,2,5H2,1H3. The summed E-state index contributed by atoms with van der Waals surface area (Å²) in [5.74, 6) is -1.41. The molecule has 0 aliphatic heterocycles. The fourth-order valence-corrected chi connectivity index (χ4v) is 2.37. The highest BCUT2D eigenvalue weighted by molar-refractivity contribution is 5.69. The lowest BCUT2D eigenvalue weighted by molar-refractivity contribution is 0.328. The first-order valence-electron chi connectivity index (χ1n) is 7.48. The van der Waals surface area contributed by atoms with Crippen LogP contribution in [0.25, 0.3) is 11.1 Å². The molecule has 3 rings (SSSR count). The monoisotopic (exact) mass is 327 g/mol. The highest BCUT2D eigenvalue weighted by Crippen LogP contribution is 2.30. The van der Waals surface area contributed by atoms with Crippen molar-refractivity contribution < 1.29 is 13.5 Å². The van der Waals surface area contributed by atoms with E-state index in [1.54, 1.807) is 18.6 Å². The smallest absolute Gasteiger partial charge is 0.221 e. The highest BCUT2D eigenvalue weighted by Gasteiger charge is 2.12. The predicted octanol–water partition coefficient (Wildman–Crippen LogP) is 3.81. The third kappa shape index (κ3) is 3.53. The van der Waals surface area contributed by atoms with Crippen molar-refractivity contribution in [3.05, 3.63) is 71.9 Å². The summed E-state index contributed by atoms with van der Waals surface area (Å²) < 4.78 is 32.3. The molecule has 0 N–H and O–H groups in total. The first kappa shape index (κ1) is 16.0. The van der Waals surface area contributed by atoms with Crippen LogP contribution in [0, 0.1) is 11.6 Å². The maximum absolute atomic E-state index is 13.6. The molecule has 2 heterocycles. The molecule has 0 spiro atoms. The quantitative estimate of drug-likeness (QED) is 0.715. The van der Waals surface area contributed by atoms with Crippen LogP contribution >= 0.6 is 0 Å². The molecule has 0 saturated heterocycles. The van der Waals surface area contributed by atoms with Gasteiger partial charge in [0.2, 0.25) is 5.88 Å². The van der Waals surface area contributed by atoms with Gasteiger partial charge in [-0.25, -0.2) is 23.7 Å². The zero-order chi connectivity index (χ0) is 16.9. The van der Waals surface area contributed by atoms with Crippen molar-refractivity contribution >= 4 is 0 Å². The van der Waals surface area contributed by atoms with Gasteiger partial charge in [0.05, 0.1) is 6.61 Å². The Morgan fingerprint density at radius 2 is 1.75 bits per heavy atom. The summed E-state index contributed by atoms with van der Waals surface area (Å²) in [5, 5.41) is 0. The highest BCUT2D eigenvalue weighted by atomic mass is 19.2. The molecule has 0 fully saturated rings. The van der Waals surface area contributed by atoms with Gasteiger partial charge >= 0.3 is 0 Å². The van der Waals surface area contributed by atoms with Gasteiger partial charge in [-0.3, -0.25) is 0 Å². The van der Waals surface area contributed by atoms with Crippen molar-refractivity contribution in [2.24, 2.45) is 0 Å². The minimum absolute atomic E-state index is 0.386. The zero-order valence-corrected chi connectivity index (χ0v) is 13.0. The number of ether oxygens (including phenoxy) is 1. The van der Waals surface area contributed by atoms with Gasteiger partial charge in [0, 0.05) is 30.6 Å². The van der Waals surface area contributed by atoms with Crippen molar-refractivity contribution in [3.63, 3.8) is 0 Å². The van der Waals surface area contributed by atoms with Crippen LogP contribution in [0.2, 0.25) is 0 Å². The molecule has 24 heavy (non-hydrogen) atoms. The van der Waals surface area contributed by atoms with Crippen LogP contribution in [0.4, 0.5) is 8.78 Å². The van der Waals surface area contributed by atoms with Crippen molar-refractivity contribution in [2.75, 3.05) is 6.61 Å². The number of benzene rings is 1. The van der Waals surface area contributed by atoms with Gasteiger partial charge in [0.1, 0.15) is 6.33 Å². The van der Waals surface area contributed by atoms with Crippen LogP contribution in [0.15, 0.2) is 49.2 Å². The number of hydrogen-bond donors (Lipinski definition) is 0. The third-order valence-electron chi connectivity index (χ3n) is 3.44. The molecule has 2 aromatic heterocycles. The first-order valence-corrected chi connectivity index (χ1v) is 7.48. The third-order valence-corrected chi connectivity index (χ3v) is 3.44. The minimum atomic E-state index is -0.906. The van der Waals surface area contributed by atoms with Crippen LogP contribution in [0.3, 0.4) is 0 Å². The van der Waals surface area contributed by atoms with Crippen LogP contribution in [-0.4, -0.2) is 21.6 Å². The molecule has 1 aromatic carbocycles. The topological polar surface area (TPSA) is 47.9 Å². The Kier molecular flexibility index (Phi) is 4.74. The molecule has 0 unspecified atom stereocenters. The lowest BCUT2D eigenvalue weighted by Crippen LogP contribution is -2.00. The van der Waals surface area contributed by atoms with Crippen molar-refractivity contribution in [3.8, 4) is 17.0 Å². The van der Waals surface area contributed by atoms with Gasteiger partial charge in [-0.05, 0) is 41.8 Å². The maximum Gasteiger partial charge on any atom is 0.221 e. The number of aromatic nitrogens is 3. The Balaban J connectivity index is 2.01. The van der Waals surface area contributed by atoms with E-state index < -0.39 is 11.6 Å². The molecule has 122 valence electrons. The first-order chi connectivity index (χ1) is 11.7. The maximum atomic E-state index is 13.6. The SMILES string of the molecule is CCOc1ncc(Cc2cncnc2)cc1-c1ccc(F)c(F)c1. The van der Waals surface area contributed by atoms with Gasteiger partial charge < -0.3 is 4.74 Å². The van der Waals surface area contributed by atoms with E-state index >= 15 is 0 Å². The zero-order valence-electron chi connectivity index (χ0n) is 13.0. The van der Waals surface area contributed by atoms with Crippen LogP contribution in [-0.2, 0) is 6.42 Å². The Labute approximate surface area is 138 Å². The number of halogens is 2. The van der Waals surface area contributed by atoms with E-state index in [4.69, 9.17) is 4.74 Å². The van der Waals surface area contributed by atoms with Crippen molar-refractivity contribution in [2.45, 2.75) is 13.3 Å².